The van der Waals surface area contributed by atoms with E-state index in [2.05, 4.69) is 28.9 Å². The second-order valence-electron chi connectivity index (χ2n) is 4.25. The first kappa shape index (κ1) is 14.2. The van der Waals surface area contributed by atoms with Crippen LogP contribution in [-0.4, -0.2) is 39.3 Å². The summed E-state index contributed by atoms with van der Waals surface area (Å²) in [6.45, 7) is 9.60. The Labute approximate surface area is 107 Å². The van der Waals surface area contributed by atoms with Gasteiger partial charge in [-0.2, -0.15) is 0 Å². The minimum atomic E-state index is -0.148. The van der Waals surface area contributed by atoms with Gasteiger partial charge in [0.1, 0.15) is 0 Å². The summed E-state index contributed by atoms with van der Waals surface area (Å²) in [4.78, 5) is 13.9. The highest BCUT2D eigenvalue weighted by atomic mass is 32.1. The zero-order valence-electron chi connectivity index (χ0n) is 10.8. The number of nitrogens with zero attached hydrogens (tertiary/aromatic N) is 2. The molecule has 0 radical (unpaired) electrons. The smallest absolute Gasteiger partial charge is 0.304 e. The molecule has 0 bridgehead atoms. The number of nitrogens with one attached hydrogen (secondary N) is 2. The highest BCUT2D eigenvalue weighted by Crippen LogP contribution is 2.11. The highest BCUT2D eigenvalue weighted by Gasteiger charge is 2.10. The maximum Gasteiger partial charge on any atom is 0.342 e. The average molecular weight is 258 g/mol. The summed E-state index contributed by atoms with van der Waals surface area (Å²) in [5.41, 5.74) is -0.148. The molecule has 0 aromatic carbocycles. The molecule has 0 saturated heterocycles. The van der Waals surface area contributed by atoms with Crippen molar-refractivity contribution in [2.24, 2.45) is 0 Å². The number of hydrogen-bond acceptors (Lipinski definition) is 3. The van der Waals surface area contributed by atoms with E-state index in [1.54, 1.807) is 4.57 Å². The molecule has 1 aromatic heterocycles. The predicted octanol–water partition coefficient (Wildman–Crippen LogP) is 1.92. The lowest BCUT2D eigenvalue weighted by atomic mass is 10.2. The predicted molar refractivity (Wildman–Crippen MR) is 72.0 cm³/mol. The minimum Gasteiger partial charge on any atom is -0.304 e. The minimum absolute atomic E-state index is 0.146. The second-order valence-corrected chi connectivity index (χ2v) is 4.64. The number of rotatable bonds is 7. The van der Waals surface area contributed by atoms with Crippen LogP contribution in [0.4, 0.5) is 0 Å². The van der Waals surface area contributed by atoms with Crippen molar-refractivity contribution in [3.8, 4) is 0 Å². The summed E-state index contributed by atoms with van der Waals surface area (Å²) >= 11 is 5.06. The van der Waals surface area contributed by atoms with Crippen molar-refractivity contribution in [3.63, 3.8) is 0 Å². The molecule has 1 atom stereocenters. The Morgan fingerprint density at radius 2 is 2.00 bits per heavy atom. The van der Waals surface area contributed by atoms with E-state index in [4.69, 9.17) is 12.2 Å². The van der Waals surface area contributed by atoms with Gasteiger partial charge < -0.3 is 4.90 Å². The lowest BCUT2D eigenvalue weighted by Crippen LogP contribution is -2.25. The topological polar surface area (TPSA) is 56.8 Å². The Morgan fingerprint density at radius 1 is 1.35 bits per heavy atom. The maximum absolute atomic E-state index is 11.5. The molecule has 0 aliphatic heterocycles. The van der Waals surface area contributed by atoms with Crippen molar-refractivity contribution in [1.29, 1.82) is 0 Å². The maximum atomic E-state index is 11.5. The molecule has 0 aliphatic carbocycles. The molecular formula is C11H22N4OS. The van der Waals surface area contributed by atoms with Gasteiger partial charge in [-0.25, -0.2) is 9.89 Å². The number of hydrogen-bond donors (Lipinski definition) is 2. The molecule has 17 heavy (non-hydrogen) atoms. The molecule has 1 aromatic rings. The summed E-state index contributed by atoms with van der Waals surface area (Å²) in [5, 5.41) is 5.18. The van der Waals surface area contributed by atoms with Gasteiger partial charge in [-0.3, -0.25) is 9.67 Å². The molecule has 0 fully saturated rings. The van der Waals surface area contributed by atoms with Gasteiger partial charge in [0.05, 0.1) is 0 Å². The van der Waals surface area contributed by atoms with E-state index in [0.29, 0.717) is 4.77 Å². The highest BCUT2D eigenvalue weighted by molar-refractivity contribution is 7.71. The van der Waals surface area contributed by atoms with Crippen LogP contribution >= 0.6 is 12.2 Å². The van der Waals surface area contributed by atoms with E-state index in [1.807, 2.05) is 6.92 Å². The number of aromatic amines is 2. The molecule has 1 unspecified atom stereocenters. The summed E-state index contributed by atoms with van der Waals surface area (Å²) in [6.07, 6.45) is 2.04. The third-order valence-corrected chi connectivity index (χ3v) is 3.44. The quantitative estimate of drug-likeness (QED) is 0.735. The molecule has 6 heteroatoms. The van der Waals surface area contributed by atoms with Gasteiger partial charge in [0, 0.05) is 6.04 Å². The van der Waals surface area contributed by atoms with Crippen LogP contribution in [0.5, 0.6) is 0 Å². The summed E-state index contributed by atoms with van der Waals surface area (Å²) in [7, 11) is 0. The van der Waals surface area contributed by atoms with Gasteiger partial charge >= 0.3 is 5.69 Å². The van der Waals surface area contributed by atoms with Crippen LogP contribution in [0.2, 0.25) is 0 Å². The Hall–Kier alpha value is -0.880. The van der Waals surface area contributed by atoms with Gasteiger partial charge in [-0.1, -0.05) is 13.8 Å². The molecule has 1 heterocycles. The Balaban J connectivity index is 2.48. The largest absolute Gasteiger partial charge is 0.342 e. The van der Waals surface area contributed by atoms with Gasteiger partial charge in [-0.15, -0.1) is 0 Å². The molecule has 2 N–H and O–H groups in total. The van der Waals surface area contributed by atoms with Gasteiger partial charge in [0.2, 0.25) is 0 Å². The summed E-state index contributed by atoms with van der Waals surface area (Å²) in [5.74, 6) is 0. The van der Waals surface area contributed by atoms with Crippen LogP contribution in [-0.2, 0) is 0 Å². The summed E-state index contributed by atoms with van der Waals surface area (Å²) in [6, 6.07) is 0.146. The fourth-order valence-electron chi connectivity index (χ4n) is 2.00. The number of aromatic nitrogens is 3. The van der Waals surface area contributed by atoms with Crippen molar-refractivity contribution >= 4 is 12.2 Å². The van der Waals surface area contributed by atoms with Crippen LogP contribution < -0.4 is 5.69 Å². The normalized spacial score (nSPS) is 13.2. The van der Waals surface area contributed by atoms with Gasteiger partial charge in [0.25, 0.3) is 0 Å². The standard InChI is InChI=1S/C11H22N4OS/c1-4-14(5-2)8-6-7-9(3)15-10(16)12-13-11(15)17/h9H,4-8H2,1-3H3,(H,12,16)(H,13,17). The zero-order chi connectivity index (χ0) is 12.8. The summed E-state index contributed by atoms with van der Waals surface area (Å²) < 4.78 is 2.09. The fraction of sp³-hybridized carbons (Fsp3) is 0.818. The molecule has 5 nitrogen and oxygen atoms in total. The van der Waals surface area contributed by atoms with Crippen LogP contribution in [0.1, 0.15) is 39.7 Å². The van der Waals surface area contributed by atoms with Crippen molar-refractivity contribution in [3.05, 3.63) is 15.3 Å². The molecule has 0 spiro atoms. The monoisotopic (exact) mass is 258 g/mol. The van der Waals surface area contributed by atoms with Crippen LogP contribution in [0, 0.1) is 4.77 Å². The van der Waals surface area contributed by atoms with Crippen molar-refractivity contribution in [1.82, 2.24) is 19.7 Å². The molecular weight excluding hydrogens is 236 g/mol. The first-order chi connectivity index (χ1) is 8.10. The van der Waals surface area contributed by atoms with Crippen LogP contribution in [0.25, 0.3) is 0 Å². The van der Waals surface area contributed by atoms with E-state index >= 15 is 0 Å². The van der Waals surface area contributed by atoms with Gasteiger partial charge in [-0.05, 0) is 51.6 Å². The van der Waals surface area contributed by atoms with Gasteiger partial charge in [0.15, 0.2) is 4.77 Å². The molecule has 0 aliphatic rings. The Kier molecular flexibility index (Phi) is 5.64. The van der Waals surface area contributed by atoms with Crippen molar-refractivity contribution < 1.29 is 0 Å². The molecule has 1 rings (SSSR count). The molecule has 0 saturated carbocycles. The lowest BCUT2D eigenvalue weighted by molar-refractivity contribution is 0.287. The average Bonchev–Trinajstić information content (AvgIpc) is 2.64. The SMILES string of the molecule is CCN(CC)CCCC(C)n1c(=O)[nH][nH]c1=S. The second kappa shape index (κ2) is 6.76. The van der Waals surface area contributed by atoms with Crippen LogP contribution in [0.3, 0.4) is 0 Å². The van der Waals surface area contributed by atoms with E-state index in [0.717, 1.165) is 32.5 Å². The third kappa shape index (κ3) is 3.81. The van der Waals surface area contributed by atoms with E-state index in [-0.39, 0.29) is 11.7 Å². The lowest BCUT2D eigenvalue weighted by Gasteiger charge is -2.19. The molecule has 98 valence electrons. The zero-order valence-corrected chi connectivity index (χ0v) is 11.6. The van der Waals surface area contributed by atoms with E-state index < -0.39 is 0 Å². The Bertz CT molecular complexity index is 402. The molecule has 0 amide bonds. The van der Waals surface area contributed by atoms with E-state index in [9.17, 15) is 4.79 Å². The van der Waals surface area contributed by atoms with Crippen LogP contribution in [0.15, 0.2) is 4.79 Å². The van der Waals surface area contributed by atoms with Crippen molar-refractivity contribution in [2.75, 3.05) is 19.6 Å². The fourth-order valence-corrected chi connectivity index (χ4v) is 2.31. The number of H-pyrrole nitrogens is 2. The third-order valence-electron chi connectivity index (χ3n) is 3.15. The first-order valence-electron chi connectivity index (χ1n) is 6.21. The van der Waals surface area contributed by atoms with E-state index in [1.165, 1.54) is 0 Å². The first-order valence-corrected chi connectivity index (χ1v) is 6.62. The van der Waals surface area contributed by atoms with Crippen molar-refractivity contribution in [2.45, 2.75) is 39.7 Å². The Morgan fingerprint density at radius 3 is 2.47 bits per heavy atom.